The quantitative estimate of drug-likeness (QED) is 0.676. The van der Waals surface area contributed by atoms with Gasteiger partial charge >= 0.3 is 5.97 Å². The minimum atomic E-state index is -0.810. The largest absolute Gasteiger partial charge is 0.495 e. The summed E-state index contributed by atoms with van der Waals surface area (Å²) in [6.45, 7) is 2.28. The molecule has 0 aliphatic heterocycles. The molecule has 1 rings (SSSR count). The summed E-state index contributed by atoms with van der Waals surface area (Å²) in [5, 5.41) is 12.8. The monoisotopic (exact) mass is 409 g/mol. The molecule has 112 valence electrons. The molecule has 0 aliphatic rings. The Labute approximate surface area is 134 Å². The molecule has 0 saturated carbocycles. The normalized spacial score (nSPS) is 11.8. The lowest BCUT2D eigenvalue weighted by molar-refractivity contribution is -0.145. The number of carbonyl (C=O) groups is 1. The van der Waals surface area contributed by atoms with Gasteiger partial charge in [0, 0.05) is 17.1 Å². The fraction of sp³-hybridized carbons (Fsp3) is 0.462. The van der Waals surface area contributed by atoms with Gasteiger partial charge in [-0.3, -0.25) is 4.79 Å². The van der Waals surface area contributed by atoms with Crippen molar-refractivity contribution in [3.8, 4) is 5.75 Å². The average Bonchev–Trinajstić information content (AvgIpc) is 2.38. The Morgan fingerprint density at radius 1 is 1.40 bits per heavy atom. The molecule has 0 aromatic heterocycles. The third kappa shape index (κ3) is 5.30. The van der Waals surface area contributed by atoms with Gasteiger partial charge in [-0.25, -0.2) is 0 Å². The van der Waals surface area contributed by atoms with Crippen LogP contribution in [0.3, 0.4) is 0 Å². The second-order valence-corrected chi connectivity index (χ2v) is 5.72. The van der Waals surface area contributed by atoms with Crippen molar-refractivity contribution in [3.05, 3.63) is 21.1 Å². The van der Waals surface area contributed by atoms with E-state index in [9.17, 15) is 9.90 Å². The topological polar surface area (TPSA) is 67.8 Å². The lowest BCUT2D eigenvalue weighted by atomic mass is 10.2. The molecule has 2 N–H and O–H groups in total. The minimum Gasteiger partial charge on any atom is -0.495 e. The highest BCUT2D eigenvalue weighted by molar-refractivity contribution is 9.11. The molecule has 1 aromatic carbocycles. The van der Waals surface area contributed by atoms with Gasteiger partial charge in [0.1, 0.15) is 5.75 Å². The lowest BCUT2D eigenvalue weighted by Crippen LogP contribution is -2.24. The van der Waals surface area contributed by atoms with Crippen molar-refractivity contribution in [2.75, 3.05) is 25.6 Å². The summed E-state index contributed by atoms with van der Waals surface area (Å²) in [4.78, 5) is 11.2. The van der Waals surface area contributed by atoms with Gasteiger partial charge in [0.15, 0.2) is 0 Å². The van der Waals surface area contributed by atoms with Gasteiger partial charge in [0.25, 0.3) is 0 Å². The fourth-order valence-electron chi connectivity index (χ4n) is 1.53. The first kappa shape index (κ1) is 17.3. The molecule has 0 fully saturated rings. The number of benzene rings is 1. The summed E-state index contributed by atoms with van der Waals surface area (Å²) in [6.07, 6.45) is -0.845. The van der Waals surface area contributed by atoms with Crippen molar-refractivity contribution in [2.24, 2.45) is 0 Å². The third-order valence-corrected chi connectivity index (χ3v) is 3.75. The van der Waals surface area contributed by atoms with E-state index in [1.165, 1.54) is 0 Å². The maximum Gasteiger partial charge on any atom is 0.308 e. The third-order valence-electron chi connectivity index (χ3n) is 2.48. The molecule has 5 nitrogen and oxygen atoms in total. The average molecular weight is 411 g/mol. The number of methoxy groups -OCH3 is 1. The maximum atomic E-state index is 11.2. The first-order valence-electron chi connectivity index (χ1n) is 6.08. The summed E-state index contributed by atoms with van der Waals surface area (Å²) in [5.74, 6) is 0.268. The first-order chi connectivity index (χ1) is 9.47. The van der Waals surface area contributed by atoms with Gasteiger partial charge < -0.3 is 19.9 Å². The van der Waals surface area contributed by atoms with Gasteiger partial charge in [-0.05, 0) is 44.8 Å². The number of ether oxygens (including phenoxy) is 2. The molecule has 1 unspecified atom stereocenters. The van der Waals surface area contributed by atoms with Gasteiger partial charge in [-0.2, -0.15) is 0 Å². The van der Waals surface area contributed by atoms with E-state index in [0.717, 1.165) is 14.6 Å². The minimum absolute atomic E-state index is 0.0356. The van der Waals surface area contributed by atoms with E-state index in [1.54, 1.807) is 20.1 Å². The summed E-state index contributed by atoms with van der Waals surface area (Å²) < 4.78 is 11.6. The Kier molecular flexibility index (Phi) is 7.32. The van der Waals surface area contributed by atoms with Crippen molar-refractivity contribution in [3.63, 3.8) is 0 Å². The second kappa shape index (κ2) is 8.49. The van der Waals surface area contributed by atoms with Crippen LogP contribution in [0.25, 0.3) is 0 Å². The van der Waals surface area contributed by atoms with Crippen LogP contribution in [0.5, 0.6) is 5.75 Å². The van der Waals surface area contributed by atoms with Crippen LogP contribution in [0.15, 0.2) is 21.1 Å². The van der Waals surface area contributed by atoms with Crippen molar-refractivity contribution in [2.45, 2.75) is 19.4 Å². The summed E-state index contributed by atoms with van der Waals surface area (Å²) in [7, 11) is 1.58. The Balaban J connectivity index is 2.59. The van der Waals surface area contributed by atoms with E-state index in [2.05, 4.69) is 37.2 Å². The fourth-order valence-corrected chi connectivity index (χ4v) is 2.83. The van der Waals surface area contributed by atoms with Crippen LogP contribution in [-0.2, 0) is 9.53 Å². The molecular weight excluding hydrogens is 394 g/mol. The zero-order chi connectivity index (χ0) is 15.1. The summed E-state index contributed by atoms with van der Waals surface area (Å²) in [6, 6.07) is 3.64. The molecule has 0 radical (unpaired) electrons. The van der Waals surface area contributed by atoms with Crippen LogP contribution in [0.1, 0.15) is 13.3 Å². The number of hydrogen-bond donors (Lipinski definition) is 2. The second-order valence-electron chi connectivity index (χ2n) is 4.01. The Morgan fingerprint density at radius 3 is 2.70 bits per heavy atom. The van der Waals surface area contributed by atoms with Crippen molar-refractivity contribution in [1.29, 1.82) is 0 Å². The zero-order valence-electron chi connectivity index (χ0n) is 11.3. The van der Waals surface area contributed by atoms with Crippen LogP contribution in [0.2, 0.25) is 0 Å². The lowest BCUT2D eigenvalue weighted by Gasteiger charge is -2.15. The molecule has 0 aliphatic carbocycles. The predicted octanol–water partition coefficient (Wildman–Crippen LogP) is 2.95. The molecule has 0 amide bonds. The van der Waals surface area contributed by atoms with Crippen LogP contribution in [0, 0.1) is 0 Å². The Hall–Kier alpha value is -0.790. The highest BCUT2D eigenvalue weighted by Gasteiger charge is 2.13. The molecule has 0 bridgehead atoms. The van der Waals surface area contributed by atoms with Crippen LogP contribution >= 0.6 is 31.9 Å². The van der Waals surface area contributed by atoms with E-state index in [1.807, 2.05) is 6.07 Å². The number of hydrogen-bond acceptors (Lipinski definition) is 5. The van der Waals surface area contributed by atoms with E-state index >= 15 is 0 Å². The molecule has 0 spiro atoms. The number of anilines is 1. The molecule has 1 atom stereocenters. The number of nitrogens with one attached hydrogen (secondary N) is 1. The van der Waals surface area contributed by atoms with E-state index in [0.29, 0.717) is 12.4 Å². The zero-order valence-corrected chi connectivity index (χ0v) is 14.5. The van der Waals surface area contributed by atoms with Gasteiger partial charge in [0.2, 0.25) is 0 Å². The van der Waals surface area contributed by atoms with Crippen molar-refractivity contribution in [1.82, 2.24) is 0 Å². The summed E-state index contributed by atoms with van der Waals surface area (Å²) in [5.41, 5.74) is 0.771. The van der Waals surface area contributed by atoms with E-state index in [-0.39, 0.29) is 13.0 Å². The maximum absolute atomic E-state index is 11.2. The van der Waals surface area contributed by atoms with Crippen molar-refractivity contribution < 1.29 is 19.4 Å². The van der Waals surface area contributed by atoms with E-state index in [4.69, 9.17) is 9.47 Å². The van der Waals surface area contributed by atoms with Crippen LogP contribution in [0.4, 0.5) is 5.69 Å². The van der Waals surface area contributed by atoms with Gasteiger partial charge in [0.05, 0.1) is 36.4 Å². The number of carbonyl (C=O) groups excluding carboxylic acids is 1. The van der Waals surface area contributed by atoms with Gasteiger partial charge in [-0.1, -0.05) is 0 Å². The van der Waals surface area contributed by atoms with Crippen molar-refractivity contribution >= 4 is 43.5 Å². The van der Waals surface area contributed by atoms with Crippen LogP contribution in [-0.4, -0.2) is 37.4 Å². The number of halogens is 2. The molecule has 7 heteroatoms. The number of rotatable bonds is 7. The number of aliphatic hydroxyl groups is 1. The van der Waals surface area contributed by atoms with E-state index < -0.39 is 12.1 Å². The SMILES string of the molecule is CCOC(=O)CC(O)CNc1cc(OC)c(Br)cc1Br. The standard InChI is InChI=1S/C13H17Br2NO4/c1-3-20-13(18)4-8(17)7-16-11-6-12(19-2)10(15)5-9(11)14/h5-6,8,16-17H,3-4,7H2,1-2H3. The molecule has 20 heavy (non-hydrogen) atoms. The smallest absolute Gasteiger partial charge is 0.308 e. The molecule has 0 heterocycles. The highest BCUT2D eigenvalue weighted by atomic mass is 79.9. The number of esters is 1. The van der Waals surface area contributed by atoms with Gasteiger partial charge in [-0.15, -0.1) is 0 Å². The Bertz CT molecular complexity index is 468. The number of aliphatic hydroxyl groups excluding tert-OH is 1. The highest BCUT2D eigenvalue weighted by Crippen LogP contribution is 2.34. The molecule has 0 saturated heterocycles. The predicted molar refractivity (Wildman–Crippen MR) is 84.1 cm³/mol. The van der Waals surface area contributed by atoms with Crippen LogP contribution < -0.4 is 10.1 Å². The summed E-state index contributed by atoms with van der Waals surface area (Å²) >= 11 is 6.79. The first-order valence-corrected chi connectivity index (χ1v) is 7.67. The Morgan fingerprint density at radius 2 is 2.10 bits per heavy atom. The molecule has 1 aromatic rings. The molecular formula is C13H17Br2NO4.